The number of amides is 1. The van der Waals surface area contributed by atoms with E-state index in [-0.39, 0.29) is 11.7 Å². The van der Waals surface area contributed by atoms with E-state index in [0.29, 0.717) is 37.8 Å². The molecule has 2 aromatic carbocycles. The minimum atomic E-state index is 0.0485. The van der Waals surface area contributed by atoms with Crippen molar-refractivity contribution in [3.05, 3.63) is 64.7 Å². The van der Waals surface area contributed by atoms with Crippen molar-refractivity contribution in [3.63, 3.8) is 0 Å². The molecule has 2 aromatic rings. The van der Waals surface area contributed by atoms with Crippen molar-refractivity contribution >= 4 is 5.91 Å². The molecule has 0 aliphatic carbocycles. The van der Waals surface area contributed by atoms with Gasteiger partial charge in [-0.1, -0.05) is 24.3 Å². The first-order valence-electron chi connectivity index (χ1n) is 10.8. The van der Waals surface area contributed by atoms with Crippen molar-refractivity contribution in [3.8, 4) is 5.75 Å². The fraction of sp³-hybridized carbons (Fsp3) is 0.458. The standard InChI is InChI=1S/C24H31N3O3/c25-16-18-2-1-3-20(14-18)19-6-8-27(9-7-19)24(29)21-4-5-23(28)22(15-21)17-26-10-12-30-13-11-26/h1-5,14-15,19,28H,6-13,16-17,25H2. The smallest absolute Gasteiger partial charge is 0.253 e. The quantitative estimate of drug-likeness (QED) is 0.794. The number of hydrogen-bond acceptors (Lipinski definition) is 5. The van der Waals surface area contributed by atoms with E-state index >= 15 is 0 Å². The molecule has 2 fully saturated rings. The number of hydrogen-bond donors (Lipinski definition) is 2. The summed E-state index contributed by atoms with van der Waals surface area (Å²) in [5.74, 6) is 0.765. The van der Waals surface area contributed by atoms with Crippen LogP contribution in [0.4, 0.5) is 0 Å². The van der Waals surface area contributed by atoms with Gasteiger partial charge in [-0.3, -0.25) is 9.69 Å². The molecule has 6 heteroatoms. The fourth-order valence-corrected chi connectivity index (χ4v) is 4.42. The summed E-state index contributed by atoms with van der Waals surface area (Å²) in [7, 11) is 0. The van der Waals surface area contributed by atoms with E-state index < -0.39 is 0 Å². The summed E-state index contributed by atoms with van der Waals surface area (Å²) in [6, 6.07) is 13.7. The van der Waals surface area contributed by atoms with Gasteiger partial charge in [0.15, 0.2) is 0 Å². The Labute approximate surface area is 178 Å². The molecule has 2 heterocycles. The number of rotatable bonds is 5. The van der Waals surface area contributed by atoms with Gasteiger partial charge in [0, 0.05) is 50.4 Å². The SMILES string of the molecule is NCc1cccc(C2CCN(C(=O)c3ccc(O)c(CN4CCOCC4)c3)CC2)c1. The average Bonchev–Trinajstić information content (AvgIpc) is 2.81. The Morgan fingerprint density at radius 3 is 2.57 bits per heavy atom. The maximum Gasteiger partial charge on any atom is 0.253 e. The summed E-state index contributed by atoms with van der Waals surface area (Å²) >= 11 is 0. The summed E-state index contributed by atoms with van der Waals surface area (Å²) in [6.07, 6.45) is 1.91. The van der Waals surface area contributed by atoms with Crippen LogP contribution >= 0.6 is 0 Å². The number of ether oxygens (including phenoxy) is 1. The Kier molecular flexibility index (Phi) is 6.67. The predicted octanol–water partition coefficient (Wildman–Crippen LogP) is 2.70. The van der Waals surface area contributed by atoms with Gasteiger partial charge in [-0.2, -0.15) is 0 Å². The zero-order valence-corrected chi connectivity index (χ0v) is 17.4. The number of carbonyl (C=O) groups is 1. The van der Waals surface area contributed by atoms with Crippen molar-refractivity contribution < 1.29 is 14.6 Å². The van der Waals surface area contributed by atoms with Crippen LogP contribution in [0, 0.1) is 0 Å². The number of aromatic hydroxyl groups is 1. The first kappa shape index (κ1) is 20.8. The second kappa shape index (κ2) is 9.60. The molecule has 0 bridgehead atoms. The van der Waals surface area contributed by atoms with Crippen LogP contribution in [-0.2, 0) is 17.8 Å². The Bertz CT molecular complexity index is 872. The molecule has 0 spiro atoms. The molecule has 0 unspecified atom stereocenters. The molecule has 160 valence electrons. The minimum Gasteiger partial charge on any atom is -0.508 e. The van der Waals surface area contributed by atoms with Gasteiger partial charge >= 0.3 is 0 Å². The summed E-state index contributed by atoms with van der Waals surface area (Å²) < 4.78 is 5.39. The third-order valence-electron chi connectivity index (χ3n) is 6.26. The van der Waals surface area contributed by atoms with Gasteiger partial charge < -0.3 is 20.5 Å². The highest BCUT2D eigenvalue weighted by molar-refractivity contribution is 5.94. The molecule has 0 radical (unpaired) electrons. The Hall–Kier alpha value is -2.41. The van der Waals surface area contributed by atoms with E-state index in [0.717, 1.165) is 50.1 Å². The lowest BCUT2D eigenvalue weighted by atomic mass is 9.88. The van der Waals surface area contributed by atoms with E-state index in [9.17, 15) is 9.90 Å². The highest BCUT2D eigenvalue weighted by Gasteiger charge is 2.25. The van der Waals surface area contributed by atoms with Gasteiger partial charge in [-0.25, -0.2) is 0 Å². The van der Waals surface area contributed by atoms with Crippen LogP contribution < -0.4 is 5.73 Å². The zero-order chi connectivity index (χ0) is 20.9. The molecular formula is C24H31N3O3. The average molecular weight is 410 g/mol. The second-order valence-corrected chi connectivity index (χ2v) is 8.25. The van der Waals surface area contributed by atoms with Crippen LogP contribution in [0.1, 0.15) is 45.8 Å². The fourth-order valence-electron chi connectivity index (χ4n) is 4.42. The summed E-state index contributed by atoms with van der Waals surface area (Å²) in [6.45, 7) is 5.79. The van der Waals surface area contributed by atoms with E-state index in [2.05, 4.69) is 29.2 Å². The topological polar surface area (TPSA) is 79.0 Å². The minimum absolute atomic E-state index is 0.0485. The monoisotopic (exact) mass is 409 g/mol. The lowest BCUT2D eigenvalue weighted by Crippen LogP contribution is -2.38. The van der Waals surface area contributed by atoms with Crippen LogP contribution in [0.2, 0.25) is 0 Å². The number of carbonyl (C=O) groups excluding carboxylic acids is 1. The zero-order valence-electron chi connectivity index (χ0n) is 17.4. The van der Waals surface area contributed by atoms with E-state index in [4.69, 9.17) is 10.5 Å². The van der Waals surface area contributed by atoms with Crippen molar-refractivity contribution in [1.29, 1.82) is 0 Å². The molecule has 0 saturated carbocycles. The second-order valence-electron chi connectivity index (χ2n) is 8.25. The molecule has 0 aromatic heterocycles. The number of phenols is 1. The number of piperidine rings is 1. The molecule has 3 N–H and O–H groups in total. The molecule has 0 atom stereocenters. The first-order valence-corrected chi connectivity index (χ1v) is 10.8. The number of phenolic OH excluding ortho intramolecular Hbond substituents is 1. The van der Waals surface area contributed by atoms with Crippen molar-refractivity contribution in [2.24, 2.45) is 5.73 Å². The lowest BCUT2D eigenvalue weighted by molar-refractivity contribution is 0.0338. The third-order valence-corrected chi connectivity index (χ3v) is 6.26. The van der Waals surface area contributed by atoms with Crippen molar-refractivity contribution in [1.82, 2.24) is 9.80 Å². The van der Waals surface area contributed by atoms with Gasteiger partial charge in [0.2, 0.25) is 0 Å². The number of nitrogens with zero attached hydrogens (tertiary/aromatic N) is 2. The maximum atomic E-state index is 13.1. The van der Waals surface area contributed by atoms with E-state index in [1.807, 2.05) is 11.0 Å². The number of benzene rings is 2. The van der Waals surface area contributed by atoms with Gasteiger partial charge in [0.05, 0.1) is 13.2 Å². The highest BCUT2D eigenvalue weighted by Crippen LogP contribution is 2.30. The summed E-state index contributed by atoms with van der Waals surface area (Å²) in [5.41, 5.74) is 9.71. The lowest BCUT2D eigenvalue weighted by Gasteiger charge is -2.32. The molecule has 2 saturated heterocycles. The Balaban J connectivity index is 1.39. The van der Waals surface area contributed by atoms with Crippen LogP contribution in [0.3, 0.4) is 0 Å². The third kappa shape index (κ3) is 4.83. The summed E-state index contributed by atoms with van der Waals surface area (Å²) in [4.78, 5) is 17.3. The predicted molar refractivity (Wildman–Crippen MR) is 116 cm³/mol. The van der Waals surface area contributed by atoms with Gasteiger partial charge in [0.25, 0.3) is 5.91 Å². The van der Waals surface area contributed by atoms with Crippen LogP contribution in [-0.4, -0.2) is 60.2 Å². The normalized spacial score (nSPS) is 18.5. The van der Waals surface area contributed by atoms with E-state index in [1.165, 1.54) is 5.56 Å². The molecule has 2 aliphatic rings. The largest absolute Gasteiger partial charge is 0.508 e. The van der Waals surface area contributed by atoms with Crippen LogP contribution in [0.15, 0.2) is 42.5 Å². The number of morpholine rings is 1. The Morgan fingerprint density at radius 2 is 1.83 bits per heavy atom. The van der Waals surface area contributed by atoms with Crippen LogP contribution in [0.25, 0.3) is 0 Å². The summed E-state index contributed by atoms with van der Waals surface area (Å²) in [5, 5.41) is 10.3. The van der Waals surface area contributed by atoms with Gasteiger partial charge in [-0.15, -0.1) is 0 Å². The van der Waals surface area contributed by atoms with Crippen molar-refractivity contribution in [2.75, 3.05) is 39.4 Å². The molecular weight excluding hydrogens is 378 g/mol. The Morgan fingerprint density at radius 1 is 1.07 bits per heavy atom. The van der Waals surface area contributed by atoms with Gasteiger partial charge in [-0.05, 0) is 48.1 Å². The van der Waals surface area contributed by atoms with Crippen LogP contribution in [0.5, 0.6) is 5.75 Å². The molecule has 1 amide bonds. The van der Waals surface area contributed by atoms with Gasteiger partial charge in [0.1, 0.15) is 5.75 Å². The van der Waals surface area contributed by atoms with Crippen molar-refractivity contribution in [2.45, 2.75) is 31.8 Å². The number of nitrogens with two attached hydrogens (primary N) is 1. The first-order chi connectivity index (χ1) is 14.6. The molecule has 30 heavy (non-hydrogen) atoms. The number of likely N-dealkylation sites (tertiary alicyclic amines) is 1. The molecule has 2 aliphatic heterocycles. The van der Waals surface area contributed by atoms with E-state index in [1.54, 1.807) is 12.1 Å². The highest BCUT2D eigenvalue weighted by atomic mass is 16.5. The molecule has 6 nitrogen and oxygen atoms in total. The molecule has 4 rings (SSSR count). The maximum absolute atomic E-state index is 13.1.